The van der Waals surface area contributed by atoms with Gasteiger partial charge in [-0.25, -0.2) is 4.79 Å². The molecule has 0 saturated heterocycles. The van der Waals surface area contributed by atoms with Gasteiger partial charge in [-0.1, -0.05) is 6.07 Å². The largest absolute Gasteiger partial charge is 0.493 e. The van der Waals surface area contributed by atoms with Crippen molar-refractivity contribution in [2.24, 2.45) is 4.99 Å². The number of rotatable bonds is 2. The molecule has 3 heteroatoms. The van der Waals surface area contributed by atoms with Crippen molar-refractivity contribution in [2.75, 3.05) is 6.61 Å². The van der Waals surface area contributed by atoms with Gasteiger partial charge >= 0.3 is 0 Å². The van der Waals surface area contributed by atoms with Crippen LogP contribution in [0, 0.1) is 0 Å². The molecule has 0 unspecified atom stereocenters. The van der Waals surface area contributed by atoms with E-state index >= 15 is 0 Å². The zero-order valence-corrected chi connectivity index (χ0v) is 9.74. The summed E-state index contributed by atoms with van der Waals surface area (Å²) in [5.74, 6) is 0.990. The summed E-state index contributed by atoms with van der Waals surface area (Å²) >= 11 is 0. The van der Waals surface area contributed by atoms with Crippen molar-refractivity contribution in [1.82, 2.24) is 0 Å². The number of fused-ring (bicyclic) bond motifs is 1. The van der Waals surface area contributed by atoms with Gasteiger partial charge in [-0.2, -0.15) is 4.99 Å². The van der Waals surface area contributed by atoms with E-state index in [4.69, 9.17) is 4.74 Å². The first-order valence-corrected chi connectivity index (χ1v) is 6.19. The zero-order chi connectivity index (χ0) is 11.7. The average Bonchev–Trinajstić information content (AvgIpc) is 2.33. The van der Waals surface area contributed by atoms with Crippen LogP contribution >= 0.6 is 0 Å². The Morgan fingerprint density at radius 3 is 2.88 bits per heavy atom. The summed E-state index contributed by atoms with van der Waals surface area (Å²) in [5, 5.41) is 0. The Morgan fingerprint density at radius 2 is 2.18 bits per heavy atom. The minimum atomic E-state index is -0.284. The van der Waals surface area contributed by atoms with Gasteiger partial charge in [0.05, 0.1) is 12.1 Å². The molecule has 0 bridgehead atoms. The monoisotopic (exact) mass is 229 g/mol. The van der Waals surface area contributed by atoms with Crippen LogP contribution < -0.4 is 4.74 Å². The fraction of sp³-hybridized carbons (Fsp3) is 0.500. The molecule has 3 nitrogen and oxygen atoms in total. The van der Waals surface area contributed by atoms with Crippen LogP contribution in [0.4, 0.5) is 0 Å². The highest BCUT2D eigenvalue weighted by atomic mass is 16.5. The molecule has 3 rings (SSSR count). The molecule has 17 heavy (non-hydrogen) atoms. The minimum absolute atomic E-state index is 0.284. The number of isocyanates is 1. The van der Waals surface area contributed by atoms with E-state index in [1.807, 2.05) is 12.1 Å². The number of carbonyl (C=O) groups excluding carboxylic acids is 1. The first-order chi connectivity index (χ1) is 8.34. The number of aryl methyl sites for hydroxylation is 1. The Kier molecular flexibility index (Phi) is 2.49. The lowest BCUT2D eigenvalue weighted by atomic mass is 9.72. The maximum Gasteiger partial charge on any atom is 0.235 e. The SMILES string of the molecule is O=C=NC1(c2ccc3c(c2)CCCO3)CCC1. The number of hydrogen-bond acceptors (Lipinski definition) is 3. The Labute approximate surface area is 101 Å². The van der Waals surface area contributed by atoms with Crippen molar-refractivity contribution in [3.05, 3.63) is 29.3 Å². The first kappa shape index (κ1) is 10.5. The van der Waals surface area contributed by atoms with Crippen LogP contribution in [0.2, 0.25) is 0 Å². The van der Waals surface area contributed by atoms with Crippen molar-refractivity contribution in [1.29, 1.82) is 0 Å². The van der Waals surface area contributed by atoms with Crippen LogP contribution in [0.3, 0.4) is 0 Å². The van der Waals surface area contributed by atoms with Gasteiger partial charge in [-0.15, -0.1) is 0 Å². The smallest absolute Gasteiger partial charge is 0.235 e. The Bertz CT molecular complexity index is 485. The zero-order valence-electron chi connectivity index (χ0n) is 9.74. The van der Waals surface area contributed by atoms with E-state index in [-0.39, 0.29) is 5.54 Å². The molecule has 88 valence electrons. The van der Waals surface area contributed by atoms with E-state index in [2.05, 4.69) is 11.1 Å². The number of ether oxygens (including phenoxy) is 1. The summed E-state index contributed by atoms with van der Waals surface area (Å²) in [5.41, 5.74) is 2.12. The van der Waals surface area contributed by atoms with Crippen molar-refractivity contribution >= 4 is 6.08 Å². The molecule has 0 spiro atoms. The lowest BCUT2D eigenvalue weighted by molar-refractivity contribution is 0.253. The molecule has 0 amide bonds. The second-order valence-electron chi connectivity index (χ2n) is 4.86. The number of hydrogen-bond donors (Lipinski definition) is 0. The molecule has 1 fully saturated rings. The third-order valence-electron chi connectivity index (χ3n) is 3.89. The highest BCUT2D eigenvalue weighted by Crippen LogP contribution is 2.45. The topological polar surface area (TPSA) is 38.7 Å². The normalized spacial score (nSPS) is 20.5. The number of nitrogens with zero attached hydrogens (tertiary/aromatic N) is 1. The van der Waals surface area contributed by atoms with Crippen molar-refractivity contribution in [2.45, 2.75) is 37.6 Å². The fourth-order valence-electron chi connectivity index (χ4n) is 2.71. The molecule has 1 aromatic rings. The Hall–Kier alpha value is -1.60. The number of aliphatic imine (C=N–C) groups is 1. The van der Waals surface area contributed by atoms with Crippen LogP contribution in [0.1, 0.15) is 36.8 Å². The van der Waals surface area contributed by atoms with Gasteiger partial charge in [-0.3, -0.25) is 0 Å². The van der Waals surface area contributed by atoms with Crippen LogP contribution in [0.5, 0.6) is 5.75 Å². The summed E-state index contributed by atoms with van der Waals surface area (Å²) in [6.45, 7) is 0.810. The average molecular weight is 229 g/mol. The molecule has 0 N–H and O–H groups in total. The third kappa shape index (κ3) is 1.67. The first-order valence-electron chi connectivity index (χ1n) is 6.19. The fourth-order valence-corrected chi connectivity index (χ4v) is 2.71. The van der Waals surface area contributed by atoms with Gasteiger partial charge in [0.25, 0.3) is 0 Å². The van der Waals surface area contributed by atoms with E-state index < -0.39 is 0 Å². The standard InChI is InChI=1S/C14H15NO2/c16-10-15-14(6-2-7-14)12-4-5-13-11(9-12)3-1-8-17-13/h4-5,9H,1-3,6-8H2. The summed E-state index contributed by atoms with van der Waals surface area (Å²) in [4.78, 5) is 14.6. The minimum Gasteiger partial charge on any atom is -0.493 e. The Balaban J connectivity index is 2.00. The van der Waals surface area contributed by atoms with E-state index in [0.717, 1.165) is 50.0 Å². The molecular formula is C14H15NO2. The molecule has 0 aromatic heterocycles. The van der Waals surface area contributed by atoms with Crippen LogP contribution in [-0.4, -0.2) is 12.7 Å². The summed E-state index contributed by atoms with van der Waals surface area (Å²) < 4.78 is 5.59. The molecule has 1 aliphatic heterocycles. The molecule has 1 aliphatic carbocycles. The number of benzene rings is 1. The maximum absolute atomic E-state index is 10.6. The van der Waals surface area contributed by atoms with Crippen LogP contribution in [0.15, 0.2) is 23.2 Å². The Morgan fingerprint density at radius 1 is 1.29 bits per heavy atom. The molecule has 0 atom stereocenters. The lowest BCUT2D eigenvalue weighted by Crippen LogP contribution is -2.32. The molecule has 0 radical (unpaired) electrons. The molecule has 2 aliphatic rings. The van der Waals surface area contributed by atoms with Crippen LogP contribution in [-0.2, 0) is 16.8 Å². The van der Waals surface area contributed by atoms with Gasteiger partial charge in [0.1, 0.15) is 5.75 Å². The molecule has 1 saturated carbocycles. The quantitative estimate of drug-likeness (QED) is 0.577. The third-order valence-corrected chi connectivity index (χ3v) is 3.89. The highest BCUT2D eigenvalue weighted by molar-refractivity contribution is 5.44. The second-order valence-corrected chi connectivity index (χ2v) is 4.86. The van der Waals surface area contributed by atoms with Crippen molar-refractivity contribution < 1.29 is 9.53 Å². The maximum atomic E-state index is 10.6. The molecular weight excluding hydrogens is 214 g/mol. The summed E-state index contributed by atoms with van der Waals surface area (Å²) in [6, 6.07) is 6.23. The predicted octanol–water partition coefficient (Wildman–Crippen LogP) is 2.73. The second kappa shape index (κ2) is 4.01. The van der Waals surface area contributed by atoms with Gasteiger partial charge in [0.15, 0.2) is 0 Å². The summed E-state index contributed by atoms with van der Waals surface area (Å²) in [7, 11) is 0. The van der Waals surface area contributed by atoms with E-state index in [1.165, 1.54) is 5.56 Å². The van der Waals surface area contributed by atoms with Gasteiger partial charge in [0.2, 0.25) is 6.08 Å². The van der Waals surface area contributed by atoms with Gasteiger partial charge in [-0.05, 0) is 55.4 Å². The lowest BCUT2D eigenvalue weighted by Gasteiger charge is -2.37. The van der Waals surface area contributed by atoms with E-state index in [9.17, 15) is 4.79 Å². The summed E-state index contributed by atoms with van der Waals surface area (Å²) in [6.07, 6.45) is 6.92. The molecule has 1 heterocycles. The van der Waals surface area contributed by atoms with Crippen molar-refractivity contribution in [3.63, 3.8) is 0 Å². The molecule has 1 aromatic carbocycles. The van der Waals surface area contributed by atoms with Gasteiger partial charge in [0, 0.05) is 0 Å². The van der Waals surface area contributed by atoms with E-state index in [0.29, 0.717) is 0 Å². The van der Waals surface area contributed by atoms with Gasteiger partial charge < -0.3 is 4.74 Å². The van der Waals surface area contributed by atoms with Crippen molar-refractivity contribution in [3.8, 4) is 5.75 Å². The van der Waals surface area contributed by atoms with E-state index in [1.54, 1.807) is 6.08 Å². The van der Waals surface area contributed by atoms with Crippen LogP contribution in [0.25, 0.3) is 0 Å². The predicted molar refractivity (Wildman–Crippen MR) is 63.9 cm³/mol. The highest BCUT2D eigenvalue weighted by Gasteiger charge is 2.39.